The number of nitrogens with two attached hydrogens (primary N) is 1. The minimum atomic E-state index is -0.249. The molecule has 0 saturated carbocycles. The fourth-order valence-corrected chi connectivity index (χ4v) is 2.63. The molecule has 0 bridgehead atoms. The first-order valence-electron chi connectivity index (χ1n) is 7.65. The first-order chi connectivity index (χ1) is 11.1. The zero-order valence-electron chi connectivity index (χ0n) is 13.1. The van der Waals surface area contributed by atoms with Crippen molar-refractivity contribution in [3.63, 3.8) is 0 Å². The van der Waals surface area contributed by atoms with Gasteiger partial charge in [-0.15, -0.1) is 0 Å². The van der Waals surface area contributed by atoms with Gasteiger partial charge in [0, 0.05) is 17.1 Å². The highest BCUT2D eigenvalue weighted by atomic mass is 35.5. The van der Waals surface area contributed by atoms with Crippen LogP contribution in [0, 0.1) is 5.82 Å². The lowest BCUT2D eigenvalue weighted by molar-refractivity contribution is -0.682. The van der Waals surface area contributed by atoms with Crippen LogP contribution in [-0.2, 0) is 11.2 Å². The molecular formula is C18H21ClFN2O+. The molecule has 3 nitrogen and oxygen atoms in total. The summed E-state index contributed by atoms with van der Waals surface area (Å²) in [5.74, 6) is -0.271. The Balaban J connectivity index is 1.71. The van der Waals surface area contributed by atoms with Crippen LogP contribution in [0.3, 0.4) is 0 Å². The van der Waals surface area contributed by atoms with Crippen LogP contribution >= 0.6 is 11.6 Å². The molecule has 5 heteroatoms. The number of nitrogens with one attached hydrogen (secondary N) is 1. The zero-order valence-corrected chi connectivity index (χ0v) is 13.8. The second-order valence-electron chi connectivity index (χ2n) is 5.48. The maximum absolute atomic E-state index is 12.8. The maximum Gasteiger partial charge on any atom is 0.275 e. The van der Waals surface area contributed by atoms with E-state index in [1.807, 2.05) is 36.5 Å². The quantitative estimate of drug-likeness (QED) is 0.802. The summed E-state index contributed by atoms with van der Waals surface area (Å²) in [5, 5.41) is 5.54. The molecule has 0 unspecified atom stereocenters. The summed E-state index contributed by atoms with van der Waals surface area (Å²) in [7, 11) is 0. The van der Waals surface area contributed by atoms with Crippen molar-refractivity contribution in [1.82, 2.24) is 5.32 Å². The molecule has 0 heterocycles. The SMILES string of the molecule is C[C@H]([NH2+]CC(=O)NCCc1ccc(F)cc1)c1ccccc1Cl. The minimum Gasteiger partial charge on any atom is -0.351 e. The van der Waals surface area contributed by atoms with E-state index in [0.29, 0.717) is 24.5 Å². The van der Waals surface area contributed by atoms with Crippen LogP contribution in [0.15, 0.2) is 48.5 Å². The maximum atomic E-state index is 12.8. The largest absolute Gasteiger partial charge is 0.351 e. The molecule has 0 aliphatic heterocycles. The fraction of sp³-hybridized carbons (Fsp3) is 0.278. The first kappa shape index (κ1) is 17.4. The van der Waals surface area contributed by atoms with Crippen molar-refractivity contribution in [3.8, 4) is 0 Å². The second kappa shape index (κ2) is 8.65. The molecule has 2 rings (SSSR count). The van der Waals surface area contributed by atoms with Gasteiger partial charge in [-0.3, -0.25) is 4.79 Å². The van der Waals surface area contributed by atoms with Crippen LogP contribution in [0.2, 0.25) is 5.02 Å². The molecule has 1 amide bonds. The van der Waals surface area contributed by atoms with E-state index in [1.165, 1.54) is 12.1 Å². The molecule has 0 saturated heterocycles. The van der Waals surface area contributed by atoms with Crippen molar-refractivity contribution < 1.29 is 14.5 Å². The fourth-order valence-electron chi connectivity index (χ4n) is 2.32. The number of rotatable bonds is 7. The Kier molecular flexibility index (Phi) is 6.56. The van der Waals surface area contributed by atoms with Crippen molar-refractivity contribution in [2.45, 2.75) is 19.4 Å². The molecule has 122 valence electrons. The number of quaternary nitrogens is 1. The summed E-state index contributed by atoms with van der Waals surface area (Å²) in [6.45, 7) is 2.90. The van der Waals surface area contributed by atoms with Gasteiger partial charge in [-0.2, -0.15) is 0 Å². The minimum absolute atomic E-state index is 0.0222. The van der Waals surface area contributed by atoms with Gasteiger partial charge < -0.3 is 10.6 Å². The molecular weight excluding hydrogens is 315 g/mol. The smallest absolute Gasteiger partial charge is 0.275 e. The number of benzene rings is 2. The van der Waals surface area contributed by atoms with E-state index >= 15 is 0 Å². The van der Waals surface area contributed by atoms with Gasteiger partial charge >= 0.3 is 0 Å². The predicted molar refractivity (Wildman–Crippen MR) is 89.8 cm³/mol. The van der Waals surface area contributed by atoms with Crippen molar-refractivity contribution in [1.29, 1.82) is 0 Å². The van der Waals surface area contributed by atoms with Gasteiger partial charge in [0.15, 0.2) is 6.54 Å². The molecule has 2 aromatic rings. The summed E-state index contributed by atoms with van der Waals surface area (Å²) in [5.41, 5.74) is 2.02. The number of halogens is 2. The molecule has 23 heavy (non-hydrogen) atoms. The molecule has 0 spiro atoms. The molecule has 1 atom stereocenters. The summed E-state index contributed by atoms with van der Waals surface area (Å²) in [4.78, 5) is 11.9. The summed E-state index contributed by atoms with van der Waals surface area (Å²) in [6.07, 6.45) is 0.687. The van der Waals surface area contributed by atoms with E-state index in [9.17, 15) is 9.18 Å². The molecule has 3 N–H and O–H groups in total. The third-order valence-corrected chi connectivity index (χ3v) is 4.05. The lowest BCUT2D eigenvalue weighted by Gasteiger charge is -2.12. The van der Waals surface area contributed by atoms with Crippen LogP contribution in [0.1, 0.15) is 24.1 Å². The van der Waals surface area contributed by atoms with Crippen molar-refractivity contribution in [2.24, 2.45) is 0 Å². The third kappa shape index (κ3) is 5.66. The molecule has 0 fully saturated rings. The monoisotopic (exact) mass is 335 g/mol. The van der Waals surface area contributed by atoms with Gasteiger partial charge in [0.1, 0.15) is 11.9 Å². The molecule has 0 aliphatic rings. The average Bonchev–Trinajstić information content (AvgIpc) is 2.55. The lowest BCUT2D eigenvalue weighted by Crippen LogP contribution is -2.87. The number of carbonyl (C=O) groups is 1. The highest BCUT2D eigenvalue weighted by Gasteiger charge is 2.13. The van der Waals surface area contributed by atoms with E-state index in [1.54, 1.807) is 12.1 Å². The Bertz CT molecular complexity index is 646. The lowest BCUT2D eigenvalue weighted by atomic mass is 10.1. The van der Waals surface area contributed by atoms with Crippen molar-refractivity contribution in [3.05, 3.63) is 70.5 Å². The highest BCUT2D eigenvalue weighted by molar-refractivity contribution is 6.31. The Hall–Kier alpha value is -1.91. The van der Waals surface area contributed by atoms with Gasteiger partial charge in [0.2, 0.25) is 0 Å². The number of carbonyl (C=O) groups excluding carboxylic acids is 1. The third-order valence-electron chi connectivity index (χ3n) is 3.70. The molecule has 2 aromatic carbocycles. The first-order valence-corrected chi connectivity index (χ1v) is 8.03. The van der Waals surface area contributed by atoms with Gasteiger partial charge in [-0.1, -0.05) is 41.9 Å². The van der Waals surface area contributed by atoms with Crippen molar-refractivity contribution >= 4 is 17.5 Å². The Morgan fingerprint density at radius 1 is 1.22 bits per heavy atom. The molecule has 0 radical (unpaired) electrons. The summed E-state index contributed by atoms with van der Waals surface area (Å²) in [6, 6.07) is 14.1. The van der Waals surface area contributed by atoms with Gasteiger partial charge in [-0.25, -0.2) is 4.39 Å². The number of amides is 1. The van der Waals surface area contributed by atoms with Crippen LogP contribution in [0.25, 0.3) is 0 Å². The molecule has 0 aromatic heterocycles. The topological polar surface area (TPSA) is 45.7 Å². The van der Waals surface area contributed by atoms with Crippen LogP contribution < -0.4 is 10.6 Å². The normalized spacial score (nSPS) is 12.0. The standard InChI is InChI=1S/C18H20ClFN2O/c1-13(16-4-2-3-5-17(16)19)22-12-18(23)21-11-10-14-6-8-15(20)9-7-14/h2-9,13,22H,10-12H2,1H3,(H,21,23)/p+1/t13-/m0/s1. The van der Waals surface area contributed by atoms with E-state index in [4.69, 9.17) is 11.6 Å². The van der Waals surface area contributed by atoms with E-state index in [-0.39, 0.29) is 17.8 Å². The van der Waals surface area contributed by atoms with Gasteiger partial charge in [0.25, 0.3) is 5.91 Å². The van der Waals surface area contributed by atoms with E-state index in [2.05, 4.69) is 5.32 Å². The molecule has 0 aliphatic carbocycles. The van der Waals surface area contributed by atoms with Crippen molar-refractivity contribution in [2.75, 3.05) is 13.1 Å². The second-order valence-corrected chi connectivity index (χ2v) is 5.88. The van der Waals surface area contributed by atoms with E-state index in [0.717, 1.165) is 11.1 Å². The number of hydrogen-bond acceptors (Lipinski definition) is 1. The summed E-state index contributed by atoms with van der Waals surface area (Å²) < 4.78 is 12.8. The van der Waals surface area contributed by atoms with Gasteiger partial charge in [-0.05, 0) is 37.1 Å². The Morgan fingerprint density at radius 2 is 1.91 bits per heavy atom. The van der Waals surface area contributed by atoms with Crippen LogP contribution in [0.5, 0.6) is 0 Å². The zero-order chi connectivity index (χ0) is 16.7. The highest BCUT2D eigenvalue weighted by Crippen LogP contribution is 2.19. The average molecular weight is 336 g/mol. The number of hydrogen-bond donors (Lipinski definition) is 2. The Labute approximate surface area is 140 Å². The van der Waals surface area contributed by atoms with Gasteiger partial charge in [0.05, 0.1) is 0 Å². The van der Waals surface area contributed by atoms with Crippen LogP contribution in [-0.4, -0.2) is 19.0 Å². The van der Waals surface area contributed by atoms with E-state index < -0.39 is 0 Å². The van der Waals surface area contributed by atoms with Crippen LogP contribution in [0.4, 0.5) is 4.39 Å². The predicted octanol–water partition coefficient (Wildman–Crippen LogP) is 2.46. The summed E-state index contributed by atoms with van der Waals surface area (Å²) >= 11 is 6.15. The Morgan fingerprint density at radius 3 is 2.61 bits per heavy atom.